The first-order valence-corrected chi connectivity index (χ1v) is 7.07. The number of carbonyl (C=O) groups excluding carboxylic acids is 1. The fourth-order valence-corrected chi connectivity index (χ4v) is 2.54. The van der Waals surface area contributed by atoms with Crippen molar-refractivity contribution in [1.29, 1.82) is 0 Å². The molecule has 1 N–H and O–H groups in total. The first-order chi connectivity index (χ1) is 9.48. The molecule has 20 heavy (non-hydrogen) atoms. The molecule has 0 spiro atoms. The second-order valence-electron chi connectivity index (χ2n) is 5.80. The van der Waals surface area contributed by atoms with E-state index in [4.69, 9.17) is 4.74 Å². The minimum Gasteiger partial charge on any atom is -0.388 e. The minimum atomic E-state index is -0.722. The van der Waals surface area contributed by atoms with Gasteiger partial charge in [-0.15, -0.1) is 0 Å². The molecule has 0 amide bonds. The molecule has 0 saturated carbocycles. The predicted molar refractivity (Wildman–Crippen MR) is 78.0 cm³/mol. The van der Waals surface area contributed by atoms with Crippen LogP contribution in [0.3, 0.4) is 0 Å². The maximum absolute atomic E-state index is 12.2. The average Bonchev–Trinajstić information content (AvgIpc) is 2.39. The Labute approximate surface area is 120 Å². The van der Waals surface area contributed by atoms with Crippen molar-refractivity contribution < 1.29 is 14.6 Å². The highest BCUT2D eigenvalue weighted by atomic mass is 16.5. The Morgan fingerprint density at radius 3 is 2.50 bits per heavy atom. The summed E-state index contributed by atoms with van der Waals surface area (Å²) in [5, 5.41) is 10.4. The lowest BCUT2D eigenvalue weighted by atomic mass is 9.94. The number of hydrogen-bond acceptors (Lipinski definition) is 4. The number of nitrogens with zero attached hydrogens (tertiary/aromatic N) is 1. The summed E-state index contributed by atoms with van der Waals surface area (Å²) in [6.07, 6.45) is 1.27. The van der Waals surface area contributed by atoms with Gasteiger partial charge >= 0.3 is 0 Å². The largest absolute Gasteiger partial charge is 0.388 e. The molecule has 0 atom stereocenters. The van der Waals surface area contributed by atoms with Crippen LogP contribution in [0.5, 0.6) is 0 Å². The number of aryl methyl sites for hydroxylation is 1. The van der Waals surface area contributed by atoms with E-state index in [1.165, 1.54) is 0 Å². The number of likely N-dealkylation sites (N-methyl/N-ethyl adjacent to an activating group) is 1. The van der Waals surface area contributed by atoms with Crippen LogP contribution in [-0.4, -0.2) is 54.7 Å². The van der Waals surface area contributed by atoms with E-state index in [9.17, 15) is 9.90 Å². The molecule has 110 valence electrons. The average molecular weight is 277 g/mol. The normalized spacial score (nSPS) is 18.2. The van der Waals surface area contributed by atoms with E-state index in [-0.39, 0.29) is 5.78 Å². The van der Waals surface area contributed by atoms with E-state index in [0.29, 0.717) is 39.1 Å². The summed E-state index contributed by atoms with van der Waals surface area (Å²) >= 11 is 0. The maximum Gasteiger partial charge on any atom is 0.176 e. The van der Waals surface area contributed by atoms with Gasteiger partial charge in [0, 0.05) is 38.2 Å². The Kier molecular flexibility index (Phi) is 4.91. The summed E-state index contributed by atoms with van der Waals surface area (Å²) in [6.45, 7) is 4.02. The predicted octanol–water partition coefficient (Wildman–Crippen LogP) is 1.65. The maximum atomic E-state index is 12.2. The molecule has 1 aromatic carbocycles. The molecule has 0 aliphatic carbocycles. The van der Waals surface area contributed by atoms with Crippen LogP contribution in [-0.2, 0) is 4.74 Å². The van der Waals surface area contributed by atoms with Crippen molar-refractivity contribution >= 4 is 5.78 Å². The van der Waals surface area contributed by atoms with Gasteiger partial charge in [0.15, 0.2) is 5.78 Å². The third kappa shape index (κ3) is 4.13. The lowest BCUT2D eigenvalue weighted by molar-refractivity contribution is -0.0758. The highest BCUT2D eigenvalue weighted by Crippen LogP contribution is 2.21. The zero-order valence-corrected chi connectivity index (χ0v) is 12.3. The van der Waals surface area contributed by atoms with Gasteiger partial charge in [0.1, 0.15) is 0 Å². The molecule has 0 aromatic heterocycles. The van der Waals surface area contributed by atoms with Gasteiger partial charge in [-0.05, 0) is 14.0 Å². The third-order valence-electron chi connectivity index (χ3n) is 3.77. The minimum absolute atomic E-state index is 0.0863. The zero-order valence-electron chi connectivity index (χ0n) is 12.3. The molecule has 1 heterocycles. The van der Waals surface area contributed by atoms with Gasteiger partial charge in [0.25, 0.3) is 0 Å². The number of Topliss-reactive ketones (excluding diaryl/α,β-unsaturated/α-hetero) is 1. The van der Waals surface area contributed by atoms with E-state index in [2.05, 4.69) is 0 Å². The number of carbonyl (C=O) groups is 1. The fraction of sp³-hybridized carbons (Fsp3) is 0.562. The van der Waals surface area contributed by atoms with Crippen LogP contribution in [0, 0.1) is 6.92 Å². The Bertz CT molecular complexity index is 449. The quantitative estimate of drug-likeness (QED) is 0.832. The third-order valence-corrected chi connectivity index (χ3v) is 3.77. The second kappa shape index (κ2) is 6.48. The summed E-state index contributed by atoms with van der Waals surface area (Å²) in [4.78, 5) is 14.1. The van der Waals surface area contributed by atoms with Crippen molar-refractivity contribution in [1.82, 2.24) is 4.90 Å². The van der Waals surface area contributed by atoms with Crippen molar-refractivity contribution in [3.8, 4) is 0 Å². The van der Waals surface area contributed by atoms with Gasteiger partial charge in [-0.25, -0.2) is 0 Å². The molecule has 4 nitrogen and oxygen atoms in total. The van der Waals surface area contributed by atoms with Crippen LogP contribution in [0.25, 0.3) is 0 Å². The molecule has 0 bridgehead atoms. The van der Waals surface area contributed by atoms with Crippen LogP contribution in [0.2, 0.25) is 0 Å². The van der Waals surface area contributed by atoms with E-state index in [1.54, 1.807) is 0 Å². The molecule has 1 aliphatic rings. The SMILES string of the molecule is Cc1ccc(C(=O)CN(C)CC2(O)CCOCC2)cc1. The summed E-state index contributed by atoms with van der Waals surface area (Å²) in [7, 11) is 1.87. The smallest absolute Gasteiger partial charge is 0.176 e. The molecule has 2 rings (SSSR count). The molecule has 4 heteroatoms. The first-order valence-electron chi connectivity index (χ1n) is 7.07. The summed E-state index contributed by atoms with van der Waals surface area (Å²) in [5.41, 5.74) is 1.15. The lowest BCUT2D eigenvalue weighted by Crippen LogP contribution is -2.46. The van der Waals surface area contributed by atoms with Gasteiger partial charge in [0.2, 0.25) is 0 Å². The van der Waals surface area contributed by atoms with Crippen molar-refractivity contribution in [2.75, 3.05) is 33.4 Å². The highest BCUT2D eigenvalue weighted by molar-refractivity contribution is 5.97. The molecule has 0 unspecified atom stereocenters. The number of benzene rings is 1. The zero-order chi connectivity index (χ0) is 14.6. The Morgan fingerprint density at radius 1 is 1.30 bits per heavy atom. The fourth-order valence-electron chi connectivity index (χ4n) is 2.54. The number of ketones is 1. The van der Waals surface area contributed by atoms with E-state index in [1.807, 2.05) is 43.1 Å². The number of ether oxygens (including phenoxy) is 1. The van der Waals surface area contributed by atoms with Crippen LogP contribution in [0.1, 0.15) is 28.8 Å². The van der Waals surface area contributed by atoms with Crippen molar-refractivity contribution in [2.45, 2.75) is 25.4 Å². The summed E-state index contributed by atoms with van der Waals surface area (Å²) < 4.78 is 5.26. The monoisotopic (exact) mass is 277 g/mol. The first kappa shape index (κ1) is 15.2. The Balaban J connectivity index is 1.89. The molecule has 1 aliphatic heterocycles. The van der Waals surface area contributed by atoms with Crippen LogP contribution >= 0.6 is 0 Å². The molecular weight excluding hydrogens is 254 g/mol. The van der Waals surface area contributed by atoms with Crippen molar-refractivity contribution in [3.63, 3.8) is 0 Å². The van der Waals surface area contributed by atoms with E-state index < -0.39 is 5.60 Å². The van der Waals surface area contributed by atoms with Crippen LogP contribution < -0.4 is 0 Å². The topological polar surface area (TPSA) is 49.8 Å². The standard InChI is InChI=1S/C16H23NO3/c1-13-3-5-14(6-4-13)15(18)11-17(2)12-16(19)7-9-20-10-8-16/h3-6,19H,7-12H2,1-2H3. The van der Waals surface area contributed by atoms with Gasteiger partial charge in [-0.1, -0.05) is 29.8 Å². The summed E-state index contributed by atoms with van der Waals surface area (Å²) in [6, 6.07) is 7.60. The van der Waals surface area contributed by atoms with E-state index in [0.717, 1.165) is 11.1 Å². The molecule has 0 radical (unpaired) electrons. The number of rotatable bonds is 5. The van der Waals surface area contributed by atoms with Crippen LogP contribution in [0.15, 0.2) is 24.3 Å². The molecule has 1 fully saturated rings. The molecule has 1 aromatic rings. The Hall–Kier alpha value is -1.23. The van der Waals surface area contributed by atoms with Crippen molar-refractivity contribution in [3.05, 3.63) is 35.4 Å². The van der Waals surface area contributed by atoms with Crippen LogP contribution in [0.4, 0.5) is 0 Å². The van der Waals surface area contributed by atoms with Gasteiger partial charge in [-0.2, -0.15) is 0 Å². The highest BCUT2D eigenvalue weighted by Gasteiger charge is 2.31. The second-order valence-corrected chi connectivity index (χ2v) is 5.80. The molecular formula is C16H23NO3. The number of hydrogen-bond donors (Lipinski definition) is 1. The molecule has 1 saturated heterocycles. The number of aliphatic hydroxyl groups is 1. The lowest BCUT2D eigenvalue weighted by Gasteiger charge is -2.35. The van der Waals surface area contributed by atoms with E-state index >= 15 is 0 Å². The van der Waals surface area contributed by atoms with Gasteiger partial charge in [-0.3, -0.25) is 9.69 Å². The van der Waals surface area contributed by atoms with Gasteiger partial charge < -0.3 is 9.84 Å². The summed E-state index contributed by atoms with van der Waals surface area (Å²) in [5.74, 6) is 0.0863. The Morgan fingerprint density at radius 2 is 1.90 bits per heavy atom. The van der Waals surface area contributed by atoms with Crippen molar-refractivity contribution in [2.24, 2.45) is 0 Å². The van der Waals surface area contributed by atoms with Gasteiger partial charge in [0.05, 0.1) is 12.1 Å².